The summed E-state index contributed by atoms with van der Waals surface area (Å²) in [6, 6.07) is 66.6. The Morgan fingerprint density at radius 1 is 0.362 bits per heavy atom. The molecule has 408 valence electrons. The maximum atomic E-state index is 2.83. The SMILES string of the molecule is CC(C)(C)c1ccc(N2c3cc(N4c5ccc(C(C)(C)C)cc5C5(C)C(C)(C)CCC(C)(C)C45C)ccc3B3c4cc(-c5ccccc5)ccc4N(c4ccc(C(C)(C)C)cc4-c4ccccc4)c4cc(C(C)(C)C)cc2c43)cc1. The van der Waals surface area contributed by atoms with Crippen LogP contribution in [0.5, 0.6) is 0 Å². The van der Waals surface area contributed by atoms with Crippen molar-refractivity contribution in [2.24, 2.45) is 10.8 Å². The molecule has 3 heterocycles. The quantitative estimate of drug-likeness (QED) is 0.159. The Bertz CT molecular complexity index is 3740. The molecule has 4 heteroatoms. The van der Waals surface area contributed by atoms with E-state index >= 15 is 0 Å². The van der Waals surface area contributed by atoms with Crippen molar-refractivity contribution in [1.82, 2.24) is 0 Å². The van der Waals surface area contributed by atoms with Crippen LogP contribution in [0.4, 0.5) is 45.5 Å². The van der Waals surface area contributed by atoms with Crippen LogP contribution in [0.3, 0.4) is 0 Å². The highest BCUT2D eigenvalue weighted by Gasteiger charge is 2.70. The number of nitrogens with zero attached hydrogens (tertiary/aromatic N) is 3. The highest BCUT2D eigenvalue weighted by atomic mass is 15.3. The number of hydrogen-bond acceptors (Lipinski definition) is 3. The van der Waals surface area contributed by atoms with Gasteiger partial charge >= 0.3 is 0 Å². The summed E-state index contributed by atoms with van der Waals surface area (Å²) in [5.74, 6) is 0. The second-order valence-corrected chi connectivity index (χ2v) is 30.1. The van der Waals surface area contributed by atoms with Crippen molar-refractivity contribution >= 4 is 68.6 Å². The highest BCUT2D eigenvalue weighted by Crippen LogP contribution is 2.71. The second-order valence-electron chi connectivity index (χ2n) is 30.1. The van der Waals surface area contributed by atoms with Crippen LogP contribution in [0.15, 0.2) is 170 Å². The molecule has 0 aromatic heterocycles. The van der Waals surface area contributed by atoms with E-state index in [4.69, 9.17) is 0 Å². The maximum Gasteiger partial charge on any atom is 0.252 e. The van der Waals surface area contributed by atoms with Crippen molar-refractivity contribution < 1.29 is 0 Å². The molecule has 0 amide bonds. The van der Waals surface area contributed by atoms with Crippen LogP contribution in [-0.2, 0) is 27.1 Å². The first kappa shape index (κ1) is 53.8. The molecule has 0 N–H and O–H groups in total. The lowest BCUT2D eigenvalue weighted by molar-refractivity contribution is -0.0415. The molecule has 2 atom stereocenters. The van der Waals surface area contributed by atoms with E-state index < -0.39 is 0 Å². The van der Waals surface area contributed by atoms with Gasteiger partial charge in [0, 0.05) is 50.8 Å². The van der Waals surface area contributed by atoms with Crippen LogP contribution in [0.25, 0.3) is 22.3 Å². The van der Waals surface area contributed by atoms with Crippen LogP contribution in [0.2, 0.25) is 0 Å². The van der Waals surface area contributed by atoms with Crippen LogP contribution < -0.4 is 31.1 Å². The van der Waals surface area contributed by atoms with Gasteiger partial charge in [-0.25, -0.2) is 0 Å². The monoisotopic (exact) mass is 1050 g/mol. The lowest BCUT2D eigenvalue weighted by Gasteiger charge is -2.65. The minimum Gasteiger partial charge on any atom is -0.334 e. The molecule has 2 unspecified atom stereocenters. The molecular weight excluding hydrogens is 966 g/mol. The Morgan fingerprint density at radius 3 is 1.48 bits per heavy atom. The van der Waals surface area contributed by atoms with E-state index in [1.54, 1.807) is 0 Å². The highest BCUT2D eigenvalue weighted by molar-refractivity contribution is 7.00. The molecule has 1 fully saturated rings. The molecule has 1 aliphatic carbocycles. The van der Waals surface area contributed by atoms with Gasteiger partial charge in [-0.3, -0.25) is 0 Å². The lowest BCUT2D eigenvalue weighted by atomic mass is 9.33. The molecule has 0 bridgehead atoms. The maximum absolute atomic E-state index is 2.83. The van der Waals surface area contributed by atoms with Gasteiger partial charge in [0.1, 0.15) is 0 Å². The van der Waals surface area contributed by atoms with Gasteiger partial charge in [0.05, 0.1) is 11.2 Å². The van der Waals surface area contributed by atoms with Gasteiger partial charge in [0.15, 0.2) is 0 Å². The van der Waals surface area contributed by atoms with Crippen molar-refractivity contribution in [3.8, 4) is 22.3 Å². The van der Waals surface area contributed by atoms with Crippen LogP contribution >= 0.6 is 0 Å². The van der Waals surface area contributed by atoms with Gasteiger partial charge in [0.25, 0.3) is 6.71 Å². The van der Waals surface area contributed by atoms with Crippen molar-refractivity contribution in [3.63, 3.8) is 0 Å². The Hall–Kier alpha value is -6.78. The summed E-state index contributed by atoms with van der Waals surface area (Å²) in [7, 11) is 0. The Kier molecular flexibility index (Phi) is 12.0. The predicted octanol–water partition coefficient (Wildman–Crippen LogP) is 19.3. The van der Waals surface area contributed by atoms with Crippen molar-refractivity contribution in [2.75, 3.05) is 14.7 Å². The zero-order valence-corrected chi connectivity index (χ0v) is 51.5. The average molecular weight is 1050 g/mol. The van der Waals surface area contributed by atoms with Crippen LogP contribution in [0, 0.1) is 10.8 Å². The third-order valence-corrected chi connectivity index (χ3v) is 20.6. The Labute approximate surface area is 481 Å². The molecule has 3 aliphatic heterocycles. The van der Waals surface area contributed by atoms with Gasteiger partial charge in [0.2, 0.25) is 0 Å². The van der Waals surface area contributed by atoms with Gasteiger partial charge in [-0.1, -0.05) is 227 Å². The van der Waals surface area contributed by atoms with E-state index in [-0.39, 0.29) is 50.2 Å². The summed E-state index contributed by atoms with van der Waals surface area (Å²) in [4.78, 5) is 8.14. The summed E-state index contributed by atoms with van der Waals surface area (Å²) >= 11 is 0. The number of rotatable bonds is 5. The van der Waals surface area contributed by atoms with Crippen molar-refractivity contribution in [3.05, 3.63) is 198 Å². The predicted molar refractivity (Wildman–Crippen MR) is 347 cm³/mol. The van der Waals surface area contributed by atoms with Crippen LogP contribution in [-0.4, -0.2) is 12.3 Å². The lowest BCUT2D eigenvalue weighted by Crippen LogP contribution is -2.69. The topological polar surface area (TPSA) is 9.72 Å². The fourth-order valence-electron chi connectivity index (χ4n) is 14.9. The molecule has 3 nitrogen and oxygen atoms in total. The molecule has 0 spiro atoms. The summed E-state index contributed by atoms with van der Waals surface area (Å²) in [6.07, 6.45) is 2.32. The van der Waals surface area contributed by atoms with E-state index in [0.717, 1.165) is 6.42 Å². The third kappa shape index (κ3) is 8.02. The Morgan fingerprint density at radius 2 is 0.875 bits per heavy atom. The van der Waals surface area contributed by atoms with E-state index in [2.05, 4.69) is 309 Å². The van der Waals surface area contributed by atoms with Crippen molar-refractivity contribution in [2.45, 2.75) is 170 Å². The first-order valence-electron chi connectivity index (χ1n) is 29.8. The van der Waals surface area contributed by atoms with E-state index in [1.807, 2.05) is 0 Å². The first-order valence-corrected chi connectivity index (χ1v) is 29.8. The number of benzene rings is 8. The standard InChI is InChI=1S/C76H86BN3/c1-69(2,3)52-30-34-56(35-31-52)78-65-48-57(80-63-40-33-54(71(7,8)9)45-59(63)75(17)73(13,14)41-42-74(15,16)76(75,80)18)36-37-60(65)77-61-43-51(49-25-21-19-22-26-49)29-38-64(61)79(67-47-55(72(10,11)12)46-66(78)68(67)77)62-39-32-53(70(4,5)6)44-58(62)50-27-23-20-24-28-50/h19-40,43-48H,41-42H2,1-18H3. The molecule has 8 aromatic rings. The molecular formula is C76H86BN3. The van der Waals surface area contributed by atoms with Gasteiger partial charge in [-0.05, 0) is 174 Å². The fraction of sp³-hybridized carbons (Fsp3) is 0.368. The minimum atomic E-state index is -0.269. The number of hydrogen-bond donors (Lipinski definition) is 0. The summed E-state index contributed by atoms with van der Waals surface area (Å²) in [5, 5.41) is 0. The van der Waals surface area contributed by atoms with Gasteiger partial charge < -0.3 is 14.7 Å². The zero-order chi connectivity index (χ0) is 57.1. The van der Waals surface area contributed by atoms with E-state index in [9.17, 15) is 0 Å². The molecule has 80 heavy (non-hydrogen) atoms. The van der Waals surface area contributed by atoms with Crippen molar-refractivity contribution in [1.29, 1.82) is 0 Å². The number of anilines is 8. The third-order valence-electron chi connectivity index (χ3n) is 20.6. The smallest absolute Gasteiger partial charge is 0.252 e. The zero-order valence-electron chi connectivity index (χ0n) is 51.5. The molecule has 12 rings (SSSR count). The van der Waals surface area contributed by atoms with E-state index in [0.29, 0.717) is 0 Å². The second kappa shape index (κ2) is 17.9. The first-order chi connectivity index (χ1) is 37.5. The largest absolute Gasteiger partial charge is 0.334 e. The average Bonchev–Trinajstić information content (AvgIpc) is 2.66. The molecule has 1 saturated carbocycles. The van der Waals surface area contributed by atoms with E-state index in [1.165, 1.54) is 118 Å². The normalized spacial score (nSPS) is 20.0. The summed E-state index contributed by atoms with van der Waals surface area (Å²) in [5.41, 5.74) is 25.0. The van der Waals surface area contributed by atoms with Gasteiger partial charge in [-0.2, -0.15) is 0 Å². The van der Waals surface area contributed by atoms with Gasteiger partial charge in [-0.15, -0.1) is 0 Å². The summed E-state index contributed by atoms with van der Waals surface area (Å²) in [6.45, 7) is 43.7. The molecule has 4 aliphatic rings. The Balaban J connectivity index is 1.19. The number of fused-ring (bicyclic) bond motifs is 7. The molecule has 8 aromatic carbocycles. The molecule has 0 radical (unpaired) electrons. The summed E-state index contributed by atoms with van der Waals surface area (Å²) < 4.78 is 0. The minimum absolute atomic E-state index is 0.000256. The fourth-order valence-corrected chi connectivity index (χ4v) is 14.9. The van der Waals surface area contributed by atoms with Crippen LogP contribution in [0.1, 0.15) is 165 Å². The molecule has 0 saturated heterocycles.